The predicted octanol–water partition coefficient (Wildman–Crippen LogP) is 1.78. The molecule has 2 fully saturated rings. The minimum Gasteiger partial charge on any atom is -0.355 e. The van der Waals surface area contributed by atoms with Crippen LogP contribution in [-0.4, -0.2) is 87.2 Å². The maximum Gasteiger partial charge on any atom is 0.243 e. The highest BCUT2D eigenvalue weighted by Crippen LogP contribution is 2.29. The maximum absolute atomic E-state index is 13.2. The molecule has 0 aromatic heterocycles. The molecule has 0 bridgehead atoms. The number of carbonyl (C=O) groups excluding carboxylic acids is 2. The van der Waals surface area contributed by atoms with Crippen LogP contribution in [0, 0.1) is 11.3 Å². The standard InChI is InChI=1S/C24H38N4O4S/c1-24(2,18-26(3)4)17-25-22(29)19-12-15-27(16-13-19)23(30)21-11-8-14-28(21)33(31,32)20-9-6-5-7-10-20/h5-7,9-10,19,21H,8,11-18H2,1-4H3,(H,25,29). The third kappa shape index (κ3) is 6.33. The molecule has 2 saturated heterocycles. The number of sulfonamides is 1. The summed E-state index contributed by atoms with van der Waals surface area (Å²) in [6.45, 7) is 7.06. The summed E-state index contributed by atoms with van der Waals surface area (Å²) in [4.78, 5) is 30.0. The first-order chi connectivity index (χ1) is 15.5. The Kier molecular flexibility index (Phi) is 8.18. The number of likely N-dealkylation sites (tertiary alicyclic amines) is 1. The lowest BCUT2D eigenvalue weighted by Crippen LogP contribution is -2.51. The van der Waals surface area contributed by atoms with E-state index in [9.17, 15) is 18.0 Å². The van der Waals surface area contributed by atoms with Gasteiger partial charge < -0.3 is 15.1 Å². The lowest BCUT2D eigenvalue weighted by Gasteiger charge is -2.35. The molecular weight excluding hydrogens is 440 g/mol. The summed E-state index contributed by atoms with van der Waals surface area (Å²) in [5.41, 5.74) is -0.0218. The minimum atomic E-state index is -3.71. The second kappa shape index (κ2) is 10.5. The zero-order valence-corrected chi connectivity index (χ0v) is 21.1. The summed E-state index contributed by atoms with van der Waals surface area (Å²) in [6.07, 6.45) is 2.41. The molecule has 0 spiro atoms. The number of piperidine rings is 1. The smallest absolute Gasteiger partial charge is 0.243 e. The highest BCUT2D eigenvalue weighted by Gasteiger charge is 2.42. The molecule has 2 amide bonds. The van der Waals surface area contributed by atoms with Crippen molar-refractivity contribution >= 4 is 21.8 Å². The first-order valence-corrected chi connectivity index (χ1v) is 13.2. The fourth-order valence-electron chi connectivity index (χ4n) is 4.96. The number of rotatable bonds is 8. The maximum atomic E-state index is 13.2. The monoisotopic (exact) mass is 478 g/mol. The molecule has 1 atom stereocenters. The van der Waals surface area contributed by atoms with Crippen molar-refractivity contribution in [2.24, 2.45) is 11.3 Å². The molecule has 0 radical (unpaired) electrons. The van der Waals surface area contributed by atoms with E-state index in [1.54, 1.807) is 35.2 Å². The lowest BCUT2D eigenvalue weighted by molar-refractivity contribution is -0.138. The van der Waals surface area contributed by atoms with Gasteiger partial charge in [0, 0.05) is 38.6 Å². The normalized spacial score (nSPS) is 20.9. The van der Waals surface area contributed by atoms with Crippen molar-refractivity contribution in [1.29, 1.82) is 0 Å². The molecule has 184 valence electrons. The van der Waals surface area contributed by atoms with E-state index < -0.39 is 16.1 Å². The largest absolute Gasteiger partial charge is 0.355 e. The van der Waals surface area contributed by atoms with Crippen molar-refractivity contribution < 1.29 is 18.0 Å². The fourth-order valence-corrected chi connectivity index (χ4v) is 6.63. The highest BCUT2D eigenvalue weighted by molar-refractivity contribution is 7.89. The Labute approximate surface area is 198 Å². The van der Waals surface area contributed by atoms with Crippen molar-refractivity contribution in [2.45, 2.75) is 50.5 Å². The van der Waals surface area contributed by atoms with Crippen LogP contribution in [-0.2, 0) is 19.6 Å². The van der Waals surface area contributed by atoms with Crippen LogP contribution < -0.4 is 5.32 Å². The third-order valence-electron chi connectivity index (χ3n) is 6.50. The van der Waals surface area contributed by atoms with Gasteiger partial charge in [0.05, 0.1) is 4.90 Å². The van der Waals surface area contributed by atoms with E-state index >= 15 is 0 Å². The molecule has 9 heteroatoms. The highest BCUT2D eigenvalue weighted by atomic mass is 32.2. The van der Waals surface area contributed by atoms with Gasteiger partial charge in [-0.05, 0) is 57.3 Å². The van der Waals surface area contributed by atoms with Crippen molar-refractivity contribution in [1.82, 2.24) is 19.4 Å². The van der Waals surface area contributed by atoms with E-state index in [0.717, 1.165) is 6.54 Å². The number of hydrogen-bond donors (Lipinski definition) is 1. The SMILES string of the molecule is CN(C)CC(C)(C)CNC(=O)C1CCN(C(=O)C2CCCN2S(=O)(=O)c2ccccc2)CC1. The zero-order chi connectivity index (χ0) is 24.2. The number of carbonyl (C=O) groups is 2. The Morgan fingerprint density at radius 1 is 1.06 bits per heavy atom. The number of amides is 2. The van der Waals surface area contributed by atoms with Crippen LogP contribution in [0.15, 0.2) is 35.2 Å². The van der Waals surface area contributed by atoms with E-state index in [2.05, 4.69) is 24.1 Å². The molecule has 33 heavy (non-hydrogen) atoms. The Morgan fingerprint density at radius 2 is 1.70 bits per heavy atom. The minimum absolute atomic E-state index is 0.0218. The predicted molar refractivity (Wildman–Crippen MR) is 128 cm³/mol. The molecular formula is C24H38N4O4S. The molecule has 2 heterocycles. The lowest BCUT2D eigenvalue weighted by atomic mass is 9.91. The summed E-state index contributed by atoms with van der Waals surface area (Å²) in [6, 6.07) is 7.63. The van der Waals surface area contributed by atoms with Crippen LogP contribution in [0.2, 0.25) is 0 Å². The van der Waals surface area contributed by atoms with Gasteiger partial charge in [-0.3, -0.25) is 9.59 Å². The van der Waals surface area contributed by atoms with Gasteiger partial charge in [0.1, 0.15) is 6.04 Å². The quantitative estimate of drug-likeness (QED) is 0.615. The van der Waals surface area contributed by atoms with Gasteiger partial charge in [0.2, 0.25) is 21.8 Å². The van der Waals surface area contributed by atoms with Gasteiger partial charge in [0.25, 0.3) is 0 Å². The summed E-state index contributed by atoms with van der Waals surface area (Å²) < 4.78 is 27.5. The number of nitrogens with zero attached hydrogens (tertiary/aromatic N) is 3. The molecule has 0 saturated carbocycles. The van der Waals surface area contributed by atoms with Crippen molar-refractivity contribution in [3.63, 3.8) is 0 Å². The third-order valence-corrected chi connectivity index (χ3v) is 8.42. The first kappa shape index (κ1) is 25.6. The van der Waals surface area contributed by atoms with Gasteiger partial charge in [-0.25, -0.2) is 8.42 Å². The Hall–Kier alpha value is -1.97. The van der Waals surface area contributed by atoms with Crippen LogP contribution in [0.1, 0.15) is 39.5 Å². The van der Waals surface area contributed by atoms with E-state index in [4.69, 9.17) is 0 Å². The molecule has 2 aliphatic heterocycles. The molecule has 0 aliphatic carbocycles. The molecule has 8 nitrogen and oxygen atoms in total. The Balaban J connectivity index is 1.55. The number of benzene rings is 1. The van der Waals surface area contributed by atoms with Gasteiger partial charge in [-0.1, -0.05) is 32.0 Å². The second-order valence-corrected chi connectivity index (χ2v) is 12.2. The van der Waals surface area contributed by atoms with Crippen molar-refractivity contribution in [3.05, 3.63) is 30.3 Å². The summed E-state index contributed by atoms with van der Waals surface area (Å²) in [7, 11) is 0.334. The van der Waals surface area contributed by atoms with Crippen LogP contribution in [0.25, 0.3) is 0 Å². The number of hydrogen-bond acceptors (Lipinski definition) is 5. The number of nitrogens with one attached hydrogen (secondary N) is 1. The topological polar surface area (TPSA) is 90.0 Å². The van der Waals surface area contributed by atoms with Crippen molar-refractivity contribution in [3.8, 4) is 0 Å². The van der Waals surface area contributed by atoms with Gasteiger partial charge in [0.15, 0.2) is 0 Å². The summed E-state index contributed by atoms with van der Waals surface area (Å²) in [5.74, 6) is -0.210. The van der Waals surface area contributed by atoms with Crippen LogP contribution in [0.3, 0.4) is 0 Å². The van der Waals surface area contributed by atoms with E-state index in [1.807, 2.05) is 14.1 Å². The van der Waals surface area contributed by atoms with E-state index in [-0.39, 0.29) is 28.0 Å². The van der Waals surface area contributed by atoms with Crippen LogP contribution >= 0.6 is 0 Å². The zero-order valence-electron chi connectivity index (χ0n) is 20.3. The molecule has 3 rings (SSSR count). The average Bonchev–Trinajstić information content (AvgIpc) is 3.28. The Bertz CT molecular complexity index is 925. The molecule has 1 unspecified atom stereocenters. The summed E-state index contributed by atoms with van der Waals surface area (Å²) in [5, 5.41) is 3.09. The summed E-state index contributed by atoms with van der Waals surface area (Å²) >= 11 is 0. The average molecular weight is 479 g/mol. The molecule has 1 aromatic rings. The van der Waals surface area contributed by atoms with Gasteiger partial charge in [-0.15, -0.1) is 0 Å². The Morgan fingerprint density at radius 3 is 2.30 bits per heavy atom. The fraction of sp³-hybridized carbons (Fsp3) is 0.667. The van der Waals surface area contributed by atoms with Crippen molar-refractivity contribution in [2.75, 3.05) is 46.8 Å². The van der Waals surface area contributed by atoms with E-state index in [1.165, 1.54) is 4.31 Å². The first-order valence-electron chi connectivity index (χ1n) is 11.8. The van der Waals surface area contributed by atoms with Gasteiger partial charge >= 0.3 is 0 Å². The van der Waals surface area contributed by atoms with Crippen LogP contribution in [0.4, 0.5) is 0 Å². The van der Waals surface area contributed by atoms with Gasteiger partial charge in [-0.2, -0.15) is 4.31 Å². The molecule has 1 N–H and O–H groups in total. The molecule has 2 aliphatic rings. The van der Waals surface area contributed by atoms with Crippen LogP contribution in [0.5, 0.6) is 0 Å². The second-order valence-electron chi connectivity index (χ2n) is 10.3. The van der Waals surface area contributed by atoms with E-state index in [0.29, 0.717) is 51.9 Å². The molecule has 1 aromatic carbocycles.